The van der Waals surface area contributed by atoms with Crippen molar-refractivity contribution in [1.82, 2.24) is 0 Å². The van der Waals surface area contributed by atoms with Crippen LogP contribution in [0.25, 0.3) is 0 Å². The Bertz CT molecular complexity index is 1030. The predicted octanol–water partition coefficient (Wildman–Crippen LogP) is 21.1. The van der Waals surface area contributed by atoms with Gasteiger partial charge in [-0.05, 0) is 19.3 Å². The maximum Gasteiger partial charge on any atom is 0.306 e. The lowest BCUT2D eigenvalue weighted by Crippen LogP contribution is -2.30. The molecule has 0 aromatic rings. The van der Waals surface area contributed by atoms with Gasteiger partial charge in [-0.3, -0.25) is 14.4 Å². The summed E-state index contributed by atoms with van der Waals surface area (Å²) in [6.07, 6.45) is 66.9. The van der Waals surface area contributed by atoms with Gasteiger partial charge in [0.2, 0.25) is 0 Å². The molecule has 0 aromatic carbocycles. The molecule has 0 radical (unpaired) electrons. The Hall–Kier alpha value is -1.59. The van der Waals surface area contributed by atoms with Gasteiger partial charge in [0.15, 0.2) is 6.10 Å². The minimum Gasteiger partial charge on any atom is -0.462 e. The molecule has 410 valence electrons. The molecule has 0 aliphatic carbocycles. The smallest absolute Gasteiger partial charge is 0.306 e. The third-order valence-corrected chi connectivity index (χ3v) is 14.6. The molecule has 0 heterocycles. The first kappa shape index (κ1) is 67.4. The average molecular weight is 976 g/mol. The first-order chi connectivity index (χ1) is 34.0. The summed E-state index contributed by atoms with van der Waals surface area (Å²) in [7, 11) is 0. The van der Waals surface area contributed by atoms with Crippen LogP contribution in [0.5, 0.6) is 0 Å². The van der Waals surface area contributed by atoms with Crippen LogP contribution in [0.2, 0.25) is 0 Å². The van der Waals surface area contributed by atoms with Crippen molar-refractivity contribution in [2.24, 2.45) is 0 Å². The third kappa shape index (κ3) is 57.2. The van der Waals surface area contributed by atoms with E-state index in [9.17, 15) is 14.4 Å². The van der Waals surface area contributed by atoms with Gasteiger partial charge in [-0.25, -0.2) is 0 Å². The van der Waals surface area contributed by atoms with Gasteiger partial charge in [0.1, 0.15) is 13.2 Å². The zero-order chi connectivity index (χ0) is 50.0. The summed E-state index contributed by atoms with van der Waals surface area (Å²) >= 11 is 0. The van der Waals surface area contributed by atoms with Gasteiger partial charge >= 0.3 is 17.9 Å². The van der Waals surface area contributed by atoms with E-state index < -0.39 is 6.10 Å². The molecule has 0 spiro atoms. The molecule has 0 N–H and O–H groups in total. The monoisotopic (exact) mass is 975 g/mol. The quantitative estimate of drug-likeness (QED) is 0.0343. The number of esters is 3. The molecule has 6 nitrogen and oxygen atoms in total. The maximum atomic E-state index is 12.8. The van der Waals surface area contributed by atoms with E-state index in [1.807, 2.05) is 0 Å². The van der Waals surface area contributed by atoms with Gasteiger partial charge < -0.3 is 14.2 Å². The van der Waals surface area contributed by atoms with Crippen molar-refractivity contribution in [2.45, 2.75) is 374 Å². The summed E-state index contributed by atoms with van der Waals surface area (Å²) in [5, 5.41) is 0. The van der Waals surface area contributed by atoms with E-state index in [1.165, 1.54) is 270 Å². The fourth-order valence-electron chi connectivity index (χ4n) is 9.86. The van der Waals surface area contributed by atoms with Crippen molar-refractivity contribution >= 4 is 17.9 Å². The van der Waals surface area contributed by atoms with Crippen molar-refractivity contribution in [1.29, 1.82) is 0 Å². The lowest BCUT2D eigenvalue weighted by atomic mass is 10.0. The molecule has 0 bridgehead atoms. The second kappa shape index (κ2) is 59.0. The van der Waals surface area contributed by atoms with Crippen LogP contribution in [-0.4, -0.2) is 37.2 Å². The Kier molecular flexibility index (Phi) is 57.6. The molecule has 69 heavy (non-hydrogen) atoms. The van der Waals surface area contributed by atoms with Crippen LogP contribution in [-0.2, 0) is 28.6 Å². The number of rotatable bonds is 59. The fourth-order valence-corrected chi connectivity index (χ4v) is 9.86. The van der Waals surface area contributed by atoms with E-state index in [4.69, 9.17) is 14.2 Å². The SMILES string of the molecule is CCCCCCCCCCCCCCCCCCCCCCCCCCCC(=O)OCC(COC(=O)CCCCCCCCCCCCCCC)OC(=O)CCCCCCCCCCCCCCC. The Morgan fingerprint density at radius 3 is 0.580 bits per heavy atom. The molecule has 0 rings (SSSR count). The van der Waals surface area contributed by atoms with Crippen LogP contribution in [0, 0.1) is 0 Å². The van der Waals surface area contributed by atoms with Crippen molar-refractivity contribution in [3.05, 3.63) is 0 Å². The maximum absolute atomic E-state index is 12.8. The summed E-state index contributed by atoms with van der Waals surface area (Å²) in [6.45, 7) is 6.71. The number of carbonyl (C=O) groups excluding carboxylic acids is 3. The molecule has 0 amide bonds. The van der Waals surface area contributed by atoms with Crippen molar-refractivity contribution in [3.63, 3.8) is 0 Å². The Morgan fingerprint density at radius 2 is 0.391 bits per heavy atom. The van der Waals surface area contributed by atoms with Crippen LogP contribution in [0.3, 0.4) is 0 Å². The van der Waals surface area contributed by atoms with Crippen LogP contribution < -0.4 is 0 Å². The van der Waals surface area contributed by atoms with Crippen LogP contribution >= 0.6 is 0 Å². The molecule has 0 saturated heterocycles. The molecule has 0 aliphatic heterocycles. The van der Waals surface area contributed by atoms with Gasteiger partial charge in [-0.2, -0.15) is 0 Å². The number of unbranched alkanes of at least 4 members (excludes halogenated alkanes) is 48. The van der Waals surface area contributed by atoms with Crippen molar-refractivity contribution < 1.29 is 28.6 Å². The Balaban J connectivity index is 4.15. The fraction of sp³-hybridized carbons (Fsp3) is 0.952. The van der Waals surface area contributed by atoms with Gasteiger partial charge in [0.05, 0.1) is 0 Å². The second-order valence-electron chi connectivity index (χ2n) is 21.7. The zero-order valence-electron chi connectivity index (χ0n) is 47.1. The third-order valence-electron chi connectivity index (χ3n) is 14.6. The summed E-state index contributed by atoms with van der Waals surface area (Å²) in [6, 6.07) is 0. The number of ether oxygens (including phenoxy) is 3. The second-order valence-corrected chi connectivity index (χ2v) is 21.7. The van der Waals surface area contributed by atoms with Gasteiger partial charge in [-0.1, -0.05) is 329 Å². The zero-order valence-corrected chi connectivity index (χ0v) is 47.1. The van der Waals surface area contributed by atoms with Crippen molar-refractivity contribution in [2.75, 3.05) is 13.2 Å². The molecule has 6 heteroatoms. The molecular formula is C63H122O6. The first-order valence-corrected chi connectivity index (χ1v) is 31.5. The molecular weight excluding hydrogens is 853 g/mol. The average Bonchev–Trinajstić information content (AvgIpc) is 3.35. The number of hydrogen-bond donors (Lipinski definition) is 0. The lowest BCUT2D eigenvalue weighted by molar-refractivity contribution is -0.167. The first-order valence-electron chi connectivity index (χ1n) is 31.5. The van der Waals surface area contributed by atoms with Gasteiger partial charge in [0, 0.05) is 19.3 Å². The highest BCUT2D eigenvalue weighted by Gasteiger charge is 2.19. The molecule has 1 atom stereocenters. The summed E-state index contributed by atoms with van der Waals surface area (Å²) in [5.41, 5.74) is 0. The number of carbonyl (C=O) groups is 3. The van der Waals surface area contributed by atoms with Gasteiger partial charge in [-0.15, -0.1) is 0 Å². The van der Waals surface area contributed by atoms with Crippen molar-refractivity contribution in [3.8, 4) is 0 Å². The van der Waals surface area contributed by atoms with E-state index in [-0.39, 0.29) is 31.1 Å². The minimum absolute atomic E-state index is 0.0609. The Morgan fingerprint density at radius 1 is 0.232 bits per heavy atom. The molecule has 0 fully saturated rings. The summed E-state index contributed by atoms with van der Waals surface area (Å²) < 4.78 is 16.9. The number of hydrogen-bond acceptors (Lipinski definition) is 6. The topological polar surface area (TPSA) is 78.9 Å². The highest BCUT2D eigenvalue weighted by Crippen LogP contribution is 2.18. The largest absolute Gasteiger partial charge is 0.462 e. The van der Waals surface area contributed by atoms with Crippen LogP contribution in [0.15, 0.2) is 0 Å². The van der Waals surface area contributed by atoms with Gasteiger partial charge in [0.25, 0.3) is 0 Å². The van der Waals surface area contributed by atoms with E-state index in [1.54, 1.807) is 0 Å². The van der Waals surface area contributed by atoms with Crippen LogP contribution in [0.1, 0.15) is 367 Å². The summed E-state index contributed by atoms with van der Waals surface area (Å²) in [5.74, 6) is -0.829. The normalized spacial score (nSPS) is 11.9. The van der Waals surface area contributed by atoms with Crippen LogP contribution in [0.4, 0.5) is 0 Å². The lowest BCUT2D eigenvalue weighted by Gasteiger charge is -2.18. The molecule has 0 aliphatic rings. The molecule has 1 unspecified atom stereocenters. The standard InChI is InChI=1S/C63H122O6/c1-4-7-10-13-16-19-22-25-26-27-28-29-30-31-32-33-34-35-36-39-41-44-47-50-53-56-62(65)68-59-60(69-63(66)57-54-51-48-45-42-38-24-21-18-15-12-9-6-3)58-67-61(64)55-52-49-46-43-40-37-23-20-17-14-11-8-5-2/h60H,4-59H2,1-3H3. The Labute approximate surface area is 431 Å². The van der Waals surface area contributed by atoms with E-state index in [0.29, 0.717) is 19.3 Å². The van der Waals surface area contributed by atoms with E-state index in [0.717, 1.165) is 57.8 Å². The highest BCUT2D eigenvalue weighted by molar-refractivity contribution is 5.71. The minimum atomic E-state index is -0.761. The van der Waals surface area contributed by atoms with E-state index >= 15 is 0 Å². The summed E-state index contributed by atoms with van der Waals surface area (Å²) in [4.78, 5) is 38.2. The van der Waals surface area contributed by atoms with E-state index in [2.05, 4.69) is 20.8 Å². The highest BCUT2D eigenvalue weighted by atomic mass is 16.6. The molecule has 0 aromatic heterocycles. The molecule has 0 saturated carbocycles. The predicted molar refractivity (Wildman–Crippen MR) is 298 cm³/mol.